The topological polar surface area (TPSA) is 74.6 Å². The lowest BCUT2D eigenvalue weighted by atomic mass is 9.73. The van der Waals surface area contributed by atoms with Crippen LogP contribution in [0, 0.1) is 52.8 Å². The quantitative estimate of drug-likeness (QED) is 0.592. The highest BCUT2D eigenvalue weighted by Gasteiger charge is 2.57. The number of carbonyl (C=O) groups is 2. The third kappa shape index (κ3) is 2.26. The third-order valence-corrected chi connectivity index (χ3v) is 8.59. The molecule has 4 fully saturated rings. The smallest absolute Gasteiger partial charge is 0.310 e. The van der Waals surface area contributed by atoms with Crippen LogP contribution in [-0.2, 0) is 9.59 Å². The Kier molecular flexibility index (Phi) is 3.64. The van der Waals surface area contributed by atoms with E-state index in [1.165, 1.54) is 6.42 Å². The average molecular weight is 356 g/mol. The second-order valence-corrected chi connectivity index (χ2v) is 9.66. The van der Waals surface area contributed by atoms with E-state index in [2.05, 4.69) is 12.2 Å². The molecule has 0 aromatic heterocycles. The van der Waals surface area contributed by atoms with Crippen LogP contribution >= 0.6 is 0 Å². The fourth-order valence-electron chi connectivity index (χ4n) is 7.73. The summed E-state index contributed by atoms with van der Waals surface area (Å²) in [5.41, 5.74) is -1.04. The van der Waals surface area contributed by atoms with Gasteiger partial charge in [0.15, 0.2) is 0 Å². The maximum absolute atomic E-state index is 11.2. The zero-order valence-electron chi connectivity index (χ0n) is 15.1. The molecule has 0 amide bonds. The molecule has 9 atom stereocenters. The predicted octanol–water partition coefficient (Wildman–Crippen LogP) is 3.98. The Bertz CT molecular complexity index is 670. The molecule has 6 rings (SSSR count). The number of fused-ring (bicyclic) bond motifs is 11. The van der Waals surface area contributed by atoms with Gasteiger partial charge >= 0.3 is 11.9 Å². The molecule has 4 nitrogen and oxygen atoms in total. The van der Waals surface area contributed by atoms with E-state index in [1.807, 2.05) is 12.2 Å². The minimum Gasteiger partial charge on any atom is -0.481 e. The first kappa shape index (κ1) is 16.6. The largest absolute Gasteiger partial charge is 0.481 e. The summed E-state index contributed by atoms with van der Waals surface area (Å²) in [6, 6.07) is 0. The van der Waals surface area contributed by atoms with Crippen molar-refractivity contribution in [3.63, 3.8) is 0 Å². The molecule has 4 saturated carbocycles. The van der Waals surface area contributed by atoms with E-state index < -0.39 is 17.4 Å². The molecule has 0 radical (unpaired) electrons. The van der Waals surface area contributed by atoms with Gasteiger partial charge in [-0.05, 0) is 85.9 Å². The zero-order valence-corrected chi connectivity index (χ0v) is 15.1. The van der Waals surface area contributed by atoms with Gasteiger partial charge in [-0.2, -0.15) is 0 Å². The first-order chi connectivity index (χ1) is 12.5. The van der Waals surface area contributed by atoms with Gasteiger partial charge in [0, 0.05) is 0 Å². The fourth-order valence-corrected chi connectivity index (χ4v) is 7.73. The van der Waals surface area contributed by atoms with E-state index >= 15 is 0 Å². The van der Waals surface area contributed by atoms with Crippen LogP contribution in [0.2, 0.25) is 0 Å². The zero-order chi connectivity index (χ0) is 18.1. The van der Waals surface area contributed by atoms with Crippen LogP contribution in [0.25, 0.3) is 0 Å². The van der Waals surface area contributed by atoms with Gasteiger partial charge in [0.2, 0.25) is 0 Å². The van der Waals surface area contributed by atoms with E-state index in [1.54, 1.807) is 19.3 Å². The van der Waals surface area contributed by atoms with E-state index in [0.717, 1.165) is 41.9 Å². The van der Waals surface area contributed by atoms with Gasteiger partial charge in [-0.25, -0.2) is 0 Å². The number of aliphatic carboxylic acids is 2. The van der Waals surface area contributed by atoms with Crippen molar-refractivity contribution in [2.45, 2.75) is 44.9 Å². The predicted molar refractivity (Wildman–Crippen MR) is 96.2 cm³/mol. The molecule has 0 heterocycles. The normalized spacial score (nSPS) is 50.8. The van der Waals surface area contributed by atoms with E-state index in [0.29, 0.717) is 6.42 Å². The minimum absolute atomic E-state index is 0.0823. The van der Waals surface area contributed by atoms with Gasteiger partial charge in [-0.1, -0.05) is 24.3 Å². The minimum atomic E-state index is -1.04. The molecular formula is C22H28O4. The third-order valence-electron chi connectivity index (χ3n) is 8.59. The number of hydrogen-bond donors (Lipinski definition) is 2. The number of carboxylic acid groups (broad SMARTS) is 2. The summed E-state index contributed by atoms with van der Waals surface area (Å²) in [5.74, 6) is 4.87. The monoisotopic (exact) mass is 356 g/mol. The molecule has 0 aliphatic heterocycles. The summed E-state index contributed by atoms with van der Waals surface area (Å²) in [6.45, 7) is 0. The van der Waals surface area contributed by atoms with E-state index in [4.69, 9.17) is 10.2 Å². The van der Waals surface area contributed by atoms with Crippen LogP contribution in [0.3, 0.4) is 0 Å². The van der Waals surface area contributed by atoms with Crippen LogP contribution in [-0.4, -0.2) is 22.2 Å². The number of hydrogen-bond acceptors (Lipinski definition) is 2. The lowest BCUT2D eigenvalue weighted by Crippen LogP contribution is -2.37. The van der Waals surface area contributed by atoms with Gasteiger partial charge in [0.05, 0.1) is 11.8 Å². The first-order valence-corrected chi connectivity index (χ1v) is 10.3. The molecule has 0 aromatic rings. The highest BCUT2D eigenvalue weighted by molar-refractivity contribution is 5.83. The summed E-state index contributed by atoms with van der Waals surface area (Å²) in [4.78, 5) is 21.8. The van der Waals surface area contributed by atoms with E-state index in [9.17, 15) is 9.59 Å². The van der Waals surface area contributed by atoms with Gasteiger partial charge in [-0.3, -0.25) is 9.59 Å². The summed E-state index contributed by atoms with van der Waals surface area (Å²) in [5, 5.41) is 17.9. The maximum Gasteiger partial charge on any atom is 0.310 e. The summed E-state index contributed by atoms with van der Waals surface area (Å²) in [7, 11) is 0. The molecule has 6 aliphatic rings. The van der Waals surface area contributed by atoms with Crippen molar-refractivity contribution < 1.29 is 19.8 Å². The summed E-state index contributed by atoms with van der Waals surface area (Å²) >= 11 is 0. The molecule has 6 aliphatic carbocycles. The van der Waals surface area contributed by atoms with Crippen molar-refractivity contribution in [2.24, 2.45) is 52.8 Å². The van der Waals surface area contributed by atoms with Crippen LogP contribution < -0.4 is 0 Å². The standard InChI is InChI=1S/C12H16.C10H12O4/c1-2-8-5-7(1)11-9-3-4-10(6-9)12(8)11;11-8(12)5-10(9(13)14)4-6-1-2-7(10)3-6/h1-2,7-12H,3-6H2;1-2,6-7H,3-5H2,(H,11,12)(H,13,14). The van der Waals surface area contributed by atoms with E-state index in [-0.39, 0.29) is 18.3 Å². The van der Waals surface area contributed by atoms with Gasteiger partial charge < -0.3 is 10.2 Å². The molecule has 0 aromatic carbocycles. The summed E-state index contributed by atoms with van der Waals surface area (Å²) in [6.07, 6.45) is 16.2. The highest BCUT2D eigenvalue weighted by Crippen LogP contribution is 2.65. The molecule has 6 bridgehead atoms. The number of allylic oxidation sites excluding steroid dienone is 4. The first-order valence-electron chi connectivity index (χ1n) is 10.3. The molecule has 9 unspecified atom stereocenters. The second kappa shape index (κ2) is 5.71. The molecule has 140 valence electrons. The Morgan fingerprint density at radius 2 is 1.54 bits per heavy atom. The number of rotatable bonds is 3. The van der Waals surface area contributed by atoms with Gasteiger partial charge in [-0.15, -0.1) is 0 Å². The maximum atomic E-state index is 11.2. The second-order valence-electron chi connectivity index (χ2n) is 9.66. The highest BCUT2D eigenvalue weighted by atomic mass is 16.4. The van der Waals surface area contributed by atoms with Crippen molar-refractivity contribution in [1.29, 1.82) is 0 Å². The Balaban J connectivity index is 0.000000116. The van der Waals surface area contributed by atoms with Crippen molar-refractivity contribution in [2.75, 3.05) is 0 Å². The molecule has 0 saturated heterocycles. The van der Waals surface area contributed by atoms with Crippen LogP contribution in [0.5, 0.6) is 0 Å². The van der Waals surface area contributed by atoms with Crippen LogP contribution in [0.1, 0.15) is 44.9 Å². The number of carboxylic acids is 2. The van der Waals surface area contributed by atoms with Crippen molar-refractivity contribution >= 4 is 11.9 Å². The molecular weight excluding hydrogens is 328 g/mol. The Labute approximate surface area is 154 Å². The van der Waals surface area contributed by atoms with Gasteiger partial charge in [0.25, 0.3) is 0 Å². The van der Waals surface area contributed by atoms with Crippen LogP contribution in [0.4, 0.5) is 0 Å². The Morgan fingerprint density at radius 3 is 2.00 bits per heavy atom. The SMILES string of the molecule is C1=CC2CC1C1C3CCC(C3)C21.O=C(O)CC1(C(=O)O)CC2C=CC1C2. The summed E-state index contributed by atoms with van der Waals surface area (Å²) < 4.78 is 0. The molecule has 4 heteroatoms. The molecule has 26 heavy (non-hydrogen) atoms. The fraction of sp³-hybridized carbons (Fsp3) is 0.727. The molecule has 0 spiro atoms. The average Bonchev–Trinajstić information content (AvgIpc) is 3.41. The Hall–Kier alpha value is -1.58. The van der Waals surface area contributed by atoms with Crippen molar-refractivity contribution in [1.82, 2.24) is 0 Å². The van der Waals surface area contributed by atoms with Crippen LogP contribution in [0.15, 0.2) is 24.3 Å². The van der Waals surface area contributed by atoms with Gasteiger partial charge in [0.1, 0.15) is 0 Å². The Morgan fingerprint density at radius 1 is 0.885 bits per heavy atom. The molecule has 2 N–H and O–H groups in total. The van der Waals surface area contributed by atoms with Crippen molar-refractivity contribution in [3.05, 3.63) is 24.3 Å². The van der Waals surface area contributed by atoms with Crippen molar-refractivity contribution in [3.8, 4) is 0 Å². The lowest BCUT2D eigenvalue weighted by Gasteiger charge is -2.31. The lowest BCUT2D eigenvalue weighted by molar-refractivity contribution is -0.157.